The second-order valence-electron chi connectivity index (χ2n) is 10.2. The molecule has 2 aromatic heterocycles. The second kappa shape index (κ2) is 10.6. The maximum Gasteiger partial charge on any atom is 0.164 e. The molecule has 0 fully saturated rings. The molecule has 35 heavy (non-hydrogen) atoms. The van der Waals surface area contributed by atoms with Gasteiger partial charge in [-0.3, -0.25) is 0 Å². The van der Waals surface area contributed by atoms with Gasteiger partial charge >= 0.3 is 0 Å². The van der Waals surface area contributed by atoms with Crippen LogP contribution in [0.25, 0.3) is 28.0 Å². The molecule has 0 saturated heterocycles. The van der Waals surface area contributed by atoms with Gasteiger partial charge in [0.25, 0.3) is 0 Å². The molecule has 0 spiro atoms. The number of anilines is 1. The van der Waals surface area contributed by atoms with Crippen molar-refractivity contribution in [2.24, 2.45) is 0 Å². The third-order valence-corrected chi connectivity index (χ3v) is 7.47. The number of aromatic nitrogens is 3. The van der Waals surface area contributed by atoms with Crippen LogP contribution in [0.4, 0.5) is 5.69 Å². The predicted molar refractivity (Wildman–Crippen MR) is 148 cm³/mol. The number of hydrogen-bond donors (Lipinski definition) is 0. The fourth-order valence-corrected chi connectivity index (χ4v) is 5.55. The summed E-state index contributed by atoms with van der Waals surface area (Å²) in [4.78, 5) is 7.54. The van der Waals surface area contributed by atoms with Gasteiger partial charge in [-0.05, 0) is 68.0 Å². The Morgan fingerprint density at radius 3 is 1.94 bits per heavy atom. The van der Waals surface area contributed by atoms with Gasteiger partial charge in [0.15, 0.2) is 5.65 Å². The second-order valence-corrected chi connectivity index (χ2v) is 10.2. The number of hydrogen-bond acceptors (Lipinski definition) is 3. The van der Waals surface area contributed by atoms with Crippen molar-refractivity contribution in [2.75, 3.05) is 19.0 Å². The summed E-state index contributed by atoms with van der Waals surface area (Å²) >= 11 is 0. The molecule has 4 heteroatoms. The van der Waals surface area contributed by atoms with E-state index < -0.39 is 0 Å². The molecule has 1 aliphatic carbocycles. The van der Waals surface area contributed by atoms with Crippen LogP contribution >= 0.6 is 0 Å². The number of fused-ring (bicyclic) bond motifs is 3. The summed E-state index contributed by atoms with van der Waals surface area (Å²) in [6.45, 7) is 2.16. The molecule has 0 radical (unpaired) electrons. The number of aryl methyl sites for hydroxylation is 2. The lowest BCUT2D eigenvalue weighted by molar-refractivity contribution is 0.560. The van der Waals surface area contributed by atoms with Gasteiger partial charge in [-0.25, -0.2) is 9.67 Å². The Morgan fingerprint density at radius 1 is 0.714 bits per heavy atom. The van der Waals surface area contributed by atoms with E-state index in [9.17, 15) is 0 Å². The highest BCUT2D eigenvalue weighted by atomic mass is 15.3. The fraction of sp³-hybridized carbons (Fsp3) is 0.419. The molecule has 1 aliphatic rings. The Balaban J connectivity index is 1.73. The van der Waals surface area contributed by atoms with Crippen LogP contribution in [0.5, 0.6) is 0 Å². The van der Waals surface area contributed by atoms with Crippen molar-refractivity contribution in [3.8, 4) is 16.9 Å². The molecule has 4 nitrogen and oxygen atoms in total. The molecule has 2 aromatic carbocycles. The third-order valence-electron chi connectivity index (χ3n) is 7.47. The quantitative estimate of drug-likeness (QED) is 0.310. The fourth-order valence-electron chi connectivity index (χ4n) is 5.55. The van der Waals surface area contributed by atoms with E-state index in [4.69, 9.17) is 10.1 Å². The van der Waals surface area contributed by atoms with Gasteiger partial charge in [-0.1, -0.05) is 68.9 Å². The standard InChI is InChI=1S/C31H38N4/c1-23-29-27-17-13-8-6-4-5-7-9-14-18-28(27)30(24-19-21-25(22-20-24)34(2)3)32-31(29)35(33-23)26-15-11-10-12-16-26/h10-12,15-16,19-22H,4-9,13-14,17-18H2,1-3H3. The van der Waals surface area contributed by atoms with Crippen LogP contribution in [0.3, 0.4) is 0 Å². The maximum atomic E-state index is 5.39. The van der Waals surface area contributed by atoms with Crippen molar-refractivity contribution in [1.82, 2.24) is 14.8 Å². The largest absolute Gasteiger partial charge is 0.378 e. The van der Waals surface area contributed by atoms with Crippen LogP contribution < -0.4 is 4.90 Å². The van der Waals surface area contributed by atoms with Gasteiger partial charge in [0, 0.05) is 30.7 Å². The SMILES string of the molecule is Cc1nn(-c2ccccc2)c2nc(-c3ccc(N(C)C)cc3)c3c(c12)CCCCCCCCCC3. The van der Waals surface area contributed by atoms with Crippen LogP contribution in [0.1, 0.15) is 68.2 Å². The number of para-hydroxylation sites is 1. The normalized spacial score (nSPS) is 15.3. The Bertz CT molecular complexity index is 1270. The monoisotopic (exact) mass is 466 g/mol. The Morgan fingerprint density at radius 2 is 1.31 bits per heavy atom. The van der Waals surface area contributed by atoms with Crippen LogP contribution in [0, 0.1) is 6.92 Å². The van der Waals surface area contributed by atoms with E-state index >= 15 is 0 Å². The van der Waals surface area contributed by atoms with Gasteiger partial charge < -0.3 is 4.90 Å². The lowest BCUT2D eigenvalue weighted by Gasteiger charge is -2.19. The lowest BCUT2D eigenvalue weighted by Crippen LogP contribution is -2.08. The minimum absolute atomic E-state index is 0.992. The van der Waals surface area contributed by atoms with Gasteiger partial charge in [0.05, 0.1) is 17.1 Å². The molecule has 0 atom stereocenters. The Hall–Kier alpha value is -3.14. The Labute approximate surface area is 210 Å². The van der Waals surface area contributed by atoms with E-state index in [2.05, 4.69) is 85.2 Å². The van der Waals surface area contributed by atoms with Crippen molar-refractivity contribution in [3.63, 3.8) is 0 Å². The summed E-state index contributed by atoms with van der Waals surface area (Å²) in [5.74, 6) is 0. The molecule has 0 N–H and O–H groups in total. The average molecular weight is 467 g/mol. The number of rotatable bonds is 3. The van der Waals surface area contributed by atoms with Gasteiger partial charge in [0.2, 0.25) is 0 Å². The average Bonchev–Trinajstić information content (AvgIpc) is 3.20. The molecule has 5 rings (SSSR count). The van der Waals surface area contributed by atoms with Crippen molar-refractivity contribution >= 4 is 16.7 Å². The van der Waals surface area contributed by atoms with Gasteiger partial charge in [-0.15, -0.1) is 0 Å². The number of benzene rings is 2. The molecule has 0 saturated carbocycles. The summed E-state index contributed by atoms with van der Waals surface area (Å²) in [6, 6.07) is 19.4. The first kappa shape index (κ1) is 23.6. The first-order chi connectivity index (χ1) is 17.1. The van der Waals surface area contributed by atoms with E-state index in [1.54, 1.807) is 0 Å². The summed E-state index contributed by atoms with van der Waals surface area (Å²) in [5.41, 5.74) is 9.66. The number of pyridine rings is 1. The minimum atomic E-state index is 0.992. The highest BCUT2D eigenvalue weighted by Gasteiger charge is 2.22. The highest BCUT2D eigenvalue weighted by molar-refractivity contribution is 5.88. The zero-order chi connectivity index (χ0) is 24.2. The van der Waals surface area contributed by atoms with E-state index in [0.29, 0.717) is 0 Å². The molecule has 0 amide bonds. The molecule has 4 aromatic rings. The first-order valence-electron chi connectivity index (χ1n) is 13.4. The van der Waals surface area contributed by atoms with E-state index in [0.717, 1.165) is 35.6 Å². The highest BCUT2D eigenvalue weighted by Crippen LogP contribution is 2.36. The Kier molecular flexibility index (Phi) is 7.17. The van der Waals surface area contributed by atoms with Crippen molar-refractivity contribution < 1.29 is 0 Å². The van der Waals surface area contributed by atoms with Gasteiger partial charge in [-0.2, -0.15) is 5.10 Å². The van der Waals surface area contributed by atoms with Crippen LogP contribution in [0.15, 0.2) is 54.6 Å². The molecule has 0 aliphatic heterocycles. The first-order valence-corrected chi connectivity index (χ1v) is 13.4. The zero-order valence-electron chi connectivity index (χ0n) is 21.6. The van der Waals surface area contributed by atoms with Crippen LogP contribution in [-0.2, 0) is 12.8 Å². The summed E-state index contributed by atoms with van der Waals surface area (Å²) < 4.78 is 2.05. The van der Waals surface area contributed by atoms with Crippen molar-refractivity contribution in [3.05, 3.63) is 71.4 Å². The molecular formula is C31H38N4. The van der Waals surface area contributed by atoms with E-state index in [1.807, 2.05) is 0 Å². The van der Waals surface area contributed by atoms with Crippen molar-refractivity contribution in [1.29, 1.82) is 0 Å². The van der Waals surface area contributed by atoms with E-state index in [-0.39, 0.29) is 0 Å². The summed E-state index contributed by atoms with van der Waals surface area (Å²) in [6.07, 6.45) is 12.8. The summed E-state index contributed by atoms with van der Waals surface area (Å²) in [7, 11) is 4.18. The summed E-state index contributed by atoms with van der Waals surface area (Å²) in [5, 5.41) is 6.29. The minimum Gasteiger partial charge on any atom is -0.378 e. The van der Waals surface area contributed by atoms with Gasteiger partial charge in [0.1, 0.15) is 0 Å². The van der Waals surface area contributed by atoms with Crippen LogP contribution in [0.2, 0.25) is 0 Å². The molecule has 182 valence electrons. The molecule has 2 heterocycles. The maximum absolute atomic E-state index is 5.39. The van der Waals surface area contributed by atoms with Crippen LogP contribution in [-0.4, -0.2) is 28.9 Å². The molecular weight excluding hydrogens is 428 g/mol. The predicted octanol–water partition coefficient (Wildman–Crippen LogP) is 7.68. The lowest BCUT2D eigenvalue weighted by atomic mass is 9.89. The van der Waals surface area contributed by atoms with Crippen molar-refractivity contribution in [2.45, 2.75) is 71.1 Å². The zero-order valence-corrected chi connectivity index (χ0v) is 21.6. The molecule has 0 bridgehead atoms. The smallest absolute Gasteiger partial charge is 0.164 e. The topological polar surface area (TPSA) is 34.0 Å². The molecule has 0 unspecified atom stereocenters. The number of nitrogens with zero attached hydrogens (tertiary/aromatic N) is 4. The third kappa shape index (κ3) is 4.98. The van der Waals surface area contributed by atoms with E-state index in [1.165, 1.54) is 79.1 Å².